The number of hydrogen-bond donors (Lipinski definition) is 0. The van der Waals surface area contributed by atoms with Crippen molar-refractivity contribution in [2.24, 2.45) is 0 Å². The molecule has 6 atom stereocenters. The lowest BCUT2D eigenvalue weighted by atomic mass is 9.97. The maximum Gasteiger partial charge on any atom is 0.414 e. The van der Waals surface area contributed by atoms with Crippen LogP contribution in [0, 0.1) is 0 Å². The highest BCUT2D eigenvalue weighted by molar-refractivity contribution is 6.20. The van der Waals surface area contributed by atoms with Gasteiger partial charge in [0.1, 0.15) is 18.3 Å². The fourth-order valence-corrected chi connectivity index (χ4v) is 3.81. The summed E-state index contributed by atoms with van der Waals surface area (Å²) in [5.74, 6) is -0.860. The van der Waals surface area contributed by atoms with Crippen molar-refractivity contribution < 1.29 is 38.0 Å². The van der Waals surface area contributed by atoms with Gasteiger partial charge in [-0.25, -0.2) is 4.79 Å². The van der Waals surface area contributed by atoms with Crippen LogP contribution in [0.15, 0.2) is 60.7 Å². The number of esters is 1. The number of ether oxygens (including phenoxy) is 6. The summed E-state index contributed by atoms with van der Waals surface area (Å²) in [4.78, 5) is 14.8. The Morgan fingerprint density at radius 2 is 1.81 bits per heavy atom. The van der Waals surface area contributed by atoms with Gasteiger partial charge in [-0.05, 0) is 5.56 Å². The Kier molecular flexibility index (Phi) is 7.39. The van der Waals surface area contributed by atoms with Crippen molar-refractivity contribution in [2.45, 2.75) is 43.6 Å². The molecule has 0 aliphatic carbocycles. The van der Waals surface area contributed by atoms with Crippen molar-refractivity contribution in [1.29, 1.82) is 0 Å². The Balaban J connectivity index is 1.60. The summed E-state index contributed by atoms with van der Waals surface area (Å²) in [5.41, 5.74) is 10.5. The predicted octanol–water partition coefficient (Wildman–Crippen LogP) is 2.27. The van der Waals surface area contributed by atoms with Gasteiger partial charge in [-0.15, -0.1) is 0 Å². The van der Waals surface area contributed by atoms with Gasteiger partial charge in [0.25, 0.3) is 0 Å². The van der Waals surface area contributed by atoms with Gasteiger partial charge in [-0.1, -0.05) is 60.7 Å². The lowest BCUT2D eigenvalue weighted by Crippen LogP contribution is -2.63. The largest absolute Gasteiger partial charge is 0.446 e. The van der Waals surface area contributed by atoms with E-state index >= 15 is 0 Å². The topological polar surface area (TPSA) is 109 Å². The molecule has 0 spiro atoms. The second-order valence-corrected chi connectivity index (χ2v) is 7.36. The molecule has 0 amide bonds. The van der Waals surface area contributed by atoms with Crippen molar-refractivity contribution in [3.63, 3.8) is 0 Å². The van der Waals surface area contributed by atoms with Crippen molar-refractivity contribution >= 4 is 12.2 Å². The van der Waals surface area contributed by atoms with E-state index in [1.165, 1.54) is 7.11 Å². The maximum atomic E-state index is 12.1. The minimum absolute atomic E-state index is 0.244. The summed E-state index contributed by atoms with van der Waals surface area (Å²) < 4.78 is 35.2. The lowest BCUT2D eigenvalue weighted by Gasteiger charge is -2.48. The summed E-state index contributed by atoms with van der Waals surface area (Å²) >= 11 is 0. The summed E-state index contributed by atoms with van der Waals surface area (Å²) in [7, 11) is 1.44. The molecule has 2 fully saturated rings. The zero-order chi connectivity index (χ0) is 22.3. The third-order valence-corrected chi connectivity index (χ3v) is 5.29. The number of hydrogen-bond acceptors (Lipinski definition) is 7. The standard InChI is InChI=1S/C23H24N2O7/c1-27-23-21(31-18(26)12-25-24)20(28-13-15-8-4-2-5-9-15)19-17(30-23)14-29-22(32-19)16-10-6-3-7-11-16/h2-12,17,19-23H,13-14H2,1H3/t17?,19-,20?,21?,22?,23+/m1/s1. The fraction of sp³-hybridized carbons (Fsp3) is 0.391. The average Bonchev–Trinajstić information content (AvgIpc) is 2.84. The molecule has 168 valence electrons. The molecule has 2 saturated heterocycles. The number of benzene rings is 2. The Bertz CT molecular complexity index is 936. The number of carbonyl (C=O) groups excluding carboxylic acids is 1. The van der Waals surface area contributed by atoms with E-state index in [1.54, 1.807) is 0 Å². The highest BCUT2D eigenvalue weighted by Gasteiger charge is 2.52. The molecule has 0 N–H and O–H groups in total. The first kappa shape index (κ1) is 22.3. The normalized spacial score (nSPS) is 29.4. The quantitative estimate of drug-likeness (QED) is 0.281. The monoisotopic (exact) mass is 440 g/mol. The number of rotatable bonds is 7. The van der Waals surface area contributed by atoms with Crippen molar-refractivity contribution in [3.8, 4) is 0 Å². The average molecular weight is 440 g/mol. The maximum absolute atomic E-state index is 12.1. The van der Waals surface area contributed by atoms with Crippen molar-refractivity contribution in [3.05, 3.63) is 77.3 Å². The zero-order valence-corrected chi connectivity index (χ0v) is 17.5. The molecular weight excluding hydrogens is 416 g/mol. The van der Waals surface area contributed by atoms with Crippen LogP contribution in [0.2, 0.25) is 0 Å². The lowest BCUT2D eigenvalue weighted by molar-refractivity contribution is -0.364. The van der Waals surface area contributed by atoms with E-state index in [-0.39, 0.29) is 13.2 Å². The van der Waals surface area contributed by atoms with E-state index in [4.69, 9.17) is 34.0 Å². The molecule has 9 nitrogen and oxygen atoms in total. The van der Waals surface area contributed by atoms with Crippen molar-refractivity contribution in [1.82, 2.24) is 0 Å². The Hall–Kier alpha value is -2.91. The molecule has 2 aliphatic heterocycles. The minimum Gasteiger partial charge on any atom is -0.446 e. The second kappa shape index (κ2) is 10.6. The van der Waals surface area contributed by atoms with Crippen LogP contribution in [0.3, 0.4) is 0 Å². The van der Waals surface area contributed by atoms with Crippen LogP contribution in [0.4, 0.5) is 0 Å². The smallest absolute Gasteiger partial charge is 0.414 e. The fourth-order valence-electron chi connectivity index (χ4n) is 3.81. The molecule has 2 heterocycles. The Morgan fingerprint density at radius 3 is 2.50 bits per heavy atom. The number of methoxy groups -OCH3 is 1. The molecule has 2 aliphatic rings. The first-order valence-corrected chi connectivity index (χ1v) is 10.2. The molecular formula is C23H24N2O7. The highest BCUT2D eigenvalue weighted by Crippen LogP contribution is 2.36. The van der Waals surface area contributed by atoms with E-state index in [2.05, 4.69) is 4.79 Å². The number of carbonyl (C=O) groups is 1. The van der Waals surface area contributed by atoms with Gasteiger partial charge in [0.2, 0.25) is 0 Å². The molecule has 4 unspecified atom stereocenters. The van der Waals surface area contributed by atoms with Crippen LogP contribution in [-0.2, 0) is 39.8 Å². The number of fused-ring (bicyclic) bond motifs is 1. The summed E-state index contributed by atoms with van der Waals surface area (Å²) in [6.07, 6.45) is -3.69. The summed E-state index contributed by atoms with van der Waals surface area (Å²) in [6, 6.07) is 19.1. The second-order valence-electron chi connectivity index (χ2n) is 7.36. The van der Waals surface area contributed by atoms with E-state index in [0.29, 0.717) is 6.21 Å². The van der Waals surface area contributed by atoms with Crippen LogP contribution < -0.4 is 0 Å². The van der Waals surface area contributed by atoms with Crippen LogP contribution in [0.25, 0.3) is 5.53 Å². The molecule has 32 heavy (non-hydrogen) atoms. The van der Waals surface area contributed by atoms with Gasteiger partial charge in [0.15, 0.2) is 18.7 Å². The SMILES string of the molecule is CO[C@H]1OC2COC(c3ccccc3)O[C@H]2C(OCc2ccccc2)C1OC(=O)C=[N+]=[N-]. The summed E-state index contributed by atoms with van der Waals surface area (Å²) in [5, 5.41) is 0. The summed E-state index contributed by atoms with van der Waals surface area (Å²) in [6.45, 7) is 0.502. The minimum atomic E-state index is -0.968. The van der Waals surface area contributed by atoms with Gasteiger partial charge in [0.05, 0.1) is 13.2 Å². The molecule has 0 aromatic heterocycles. The van der Waals surface area contributed by atoms with Crippen LogP contribution in [0.5, 0.6) is 0 Å². The number of nitrogens with zero attached hydrogens (tertiary/aromatic N) is 2. The Labute approximate surface area is 185 Å². The van der Waals surface area contributed by atoms with E-state index in [0.717, 1.165) is 11.1 Å². The van der Waals surface area contributed by atoms with E-state index in [1.807, 2.05) is 60.7 Å². The van der Waals surface area contributed by atoms with Crippen LogP contribution in [0.1, 0.15) is 17.4 Å². The molecule has 0 bridgehead atoms. The third kappa shape index (κ3) is 5.11. The molecule has 2 aromatic carbocycles. The van der Waals surface area contributed by atoms with Crippen molar-refractivity contribution in [2.75, 3.05) is 13.7 Å². The first-order valence-electron chi connectivity index (χ1n) is 10.2. The van der Waals surface area contributed by atoms with E-state index in [9.17, 15) is 4.79 Å². The molecule has 2 aromatic rings. The van der Waals surface area contributed by atoms with Gasteiger partial charge in [-0.3, -0.25) is 0 Å². The predicted molar refractivity (Wildman–Crippen MR) is 110 cm³/mol. The first-order chi connectivity index (χ1) is 15.7. The molecule has 0 saturated carbocycles. The molecule has 0 radical (unpaired) electrons. The van der Waals surface area contributed by atoms with Crippen LogP contribution in [-0.4, -0.2) is 61.4 Å². The highest BCUT2D eigenvalue weighted by atomic mass is 16.8. The third-order valence-electron chi connectivity index (χ3n) is 5.29. The van der Waals surface area contributed by atoms with Gasteiger partial charge in [-0.2, -0.15) is 4.79 Å². The van der Waals surface area contributed by atoms with Gasteiger partial charge < -0.3 is 34.0 Å². The van der Waals surface area contributed by atoms with E-state index < -0.39 is 43.0 Å². The van der Waals surface area contributed by atoms with Gasteiger partial charge >= 0.3 is 12.2 Å². The molecule has 4 rings (SSSR count). The zero-order valence-electron chi connectivity index (χ0n) is 17.5. The molecule has 9 heteroatoms. The van der Waals surface area contributed by atoms with Gasteiger partial charge in [0, 0.05) is 12.7 Å². The van der Waals surface area contributed by atoms with Crippen LogP contribution >= 0.6 is 0 Å². The Morgan fingerprint density at radius 1 is 1.09 bits per heavy atom.